The first-order chi connectivity index (χ1) is 14.5. The van der Waals surface area contributed by atoms with Crippen molar-refractivity contribution in [2.24, 2.45) is 5.92 Å². The zero-order valence-electron chi connectivity index (χ0n) is 17.9. The van der Waals surface area contributed by atoms with Crippen LogP contribution in [0.15, 0.2) is 48.5 Å². The largest absolute Gasteiger partial charge is 0.496 e. The van der Waals surface area contributed by atoms with Crippen molar-refractivity contribution in [2.45, 2.75) is 51.9 Å². The van der Waals surface area contributed by atoms with Crippen molar-refractivity contribution in [3.8, 4) is 5.75 Å². The molecule has 3 N–H and O–H groups in total. The molecular formula is C24H31N3O3. The van der Waals surface area contributed by atoms with Gasteiger partial charge in [-0.2, -0.15) is 0 Å². The Morgan fingerprint density at radius 1 is 1.13 bits per heavy atom. The number of amides is 2. The molecule has 6 nitrogen and oxygen atoms in total. The molecule has 3 atom stereocenters. The third-order valence-corrected chi connectivity index (χ3v) is 5.84. The number of rotatable bonds is 8. The molecule has 160 valence electrons. The number of carbonyl (C=O) groups excluding carboxylic acids is 2. The van der Waals surface area contributed by atoms with Crippen LogP contribution in [0.25, 0.3) is 0 Å². The Balaban J connectivity index is 1.64. The van der Waals surface area contributed by atoms with Crippen molar-refractivity contribution in [3.05, 3.63) is 65.2 Å². The molecule has 30 heavy (non-hydrogen) atoms. The van der Waals surface area contributed by atoms with Crippen LogP contribution in [0, 0.1) is 5.92 Å². The molecule has 1 heterocycles. The number of hydrogen-bond acceptors (Lipinski definition) is 4. The van der Waals surface area contributed by atoms with Crippen LogP contribution < -0.4 is 20.7 Å². The second kappa shape index (κ2) is 10.3. The predicted octanol–water partition coefficient (Wildman–Crippen LogP) is 2.56. The molecule has 1 aliphatic heterocycles. The number of fused-ring (bicyclic) bond motifs is 1. The average Bonchev–Trinajstić information content (AvgIpc) is 2.80. The molecule has 0 saturated heterocycles. The second-order valence-corrected chi connectivity index (χ2v) is 7.81. The Morgan fingerprint density at radius 3 is 2.57 bits per heavy atom. The zero-order chi connectivity index (χ0) is 21.5. The minimum atomic E-state index is -0.587. The number of para-hydroxylation sites is 1. The molecule has 2 amide bonds. The SMILES string of the molecule is CC[C@@H](C)[C@@H](NC(=O)[C@@H]1Cc2ccccc2CN1)C(=O)NCc1ccccc1OC. The number of carbonyl (C=O) groups is 2. The highest BCUT2D eigenvalue weighted by atomic mass is 16.5. The van der Waals surface area contributed by atoms with E-state index in [-0.39, 0.29) is 23.8 Å². The lowest BCUT2D eigenvalue weighted by Crippen LogP contribution is -2.56. The summed E-state index contributed by atoms with van der Waals surface area (Å²) >= 11 is 0. The van der Waals surface area contributed by atoms with Gasteiger partial charge in [-0.3, -0.25) is 9.59 Å². The van der Waals surface area contributed by atoms with Gasteiger partial charge in [-0.1, -0.05) is 62.7 Å². The lowest BCUT2D eigenvalue weighted by molar-refractivity contribution is -0.131. The van der Waals surface area contributed by atoms with E-state index >= 15 is 0 Å². The molecule has 1 aliphatic rings. The summed E-state index contributed by atoms with van der Waals surface area (Å²) in [5.74, 6) is 0.427. The zero-order valence-corrected chi connectivity index (χ0v) is 17.9. The Bertz CT molecular complexity index is 884. The topological polar surface area (TPSA) is 79.5 Å². The standard InChI is InChI=1S/C24H31N3O3/c1-4-16(2)22(24(29)26-15-19-11-7-8-12-21(19)30-3)27-23(28)20-13-17-9-5-6-10-18(17)14-25-20/h5-12,16,20,22,25H,4,13-15H2,1-3H3,(H,26,29)(H,27,28)/t16-,20+,22-/m1/s1. The fraction of sp³-hybridized carbons (Fsp3) is 0.417. The van der Waals surface area contributed by atoms with Gasteiger partial charge in [0.15, 0.2) is 0 Å². The van der Waals surface area contributed by atoms with E-state index in [0.717, 1.165) is 17.7 Å². The van der Waals surface area contributed by atoms with Crippen LogP contribution in [0.2, 0.25) is 0 Å². The van der Waals surface area contributed by atoms with E-state index in [9.17, 15) is 9.59 Å². The quantitative estimate of drug-likeness (QED) is 0.626. The summed E-state index contributed by atoms with van der Waals surface area (Å²) < 4.78 is 5.35. The number of nitrogens with one attached hydrogen (secondary N) is 3. The van der Waals surface area contributed by atoms with Gasteiger partial charge in [-0.15, -0.1) is 0 Å². The Morgan fingerprint density at radius 2 is 1.83 bits per heavy atom. The van der Waals surface area contributed by atoms with Crippen LogP contribution >= 0.6 is 0 Å². The number of methoxy groups -OCH3 is 1. The minimum absolute atomic E-state index is 0.0162. The lowest BCUT2D eigenvalue weighted by atomic mass is 9.94. The van der Waals surface area contributed by atoms with Gasteiger partial charge in [0.25, 0.3) is 0 Å². The second-order valence-electron chi connectivity index (χ2n) is 7.81. The van der Waals surface area contributed by atoms with Crippen molar-refractivity contribution >= 4 is 11.8 Å². The average molecular weight is 410 g/mol. The molecule has 3 rings (SSSR count). The molecule has 6 heteroatoms. The maximum Gasteiger partial charge on any atom is 0.243 e. The normalized spacial score (nSPS) is 17.4. The summed E-state index contributed by atoms with van der Waals surface area (Å²) in [7, 11) is 1.61. The lowest BCUT2D eigenvalue weighted by Gasteiger charge is -2.29. The van der Waals surface area contributed by atoms with Crippen LogP contribution in [0.1, 0.15) is 37.0 Å². The molecule has 2 aromatic carbocycles. The van der Waals surface area contributed by atoms with Crippen molar-refractivity contribution in [2.75, 3.05) is 7.11 Å². The van der Waals surface area contributed by atoms with Gasteiger partial charge in [-0.05, 0) is 29.5 Å². The molecule has 0 unspecified atom stereocenters. The molecular weight excluding hydrogens is 378 g/mol. The summed E-state index contributed by atoms with van der Waals surface area (Å²) in [6, 6.07) is 14.8. The van der Waals surface area contributed by atoms with Crippen molar-refractivity contribution in [3.63, 3.8) is 0 Å². The summed E-state index contributed by atoms with van der Waals surface area (Å²) in [6.07, 6.45) is 1.41. The molecule has 0 saturated carbocycles. The van der Waals surface area contributed by atoms with E-state index in [2.05, 4.69) is 28.1 Å². The van der Waals surface area contributed by atoms with Gasteiger partial charge >= 0.3 is 0 Å². The molecule has 0 aliphatic carbocycles. The maximum absolute atomic E-state index is 12.9. The van der Waals surface area contributed by atoms with Crippen LogP contribution in [0.5, 0.6) is 5.75 Å². The molecule has 0 bridgehead atoms. The monoisotopic (exact) mass is 409 g/mol. The predicted molar refractivity (Wildman–Crippen MR) is 117 cm³/mol. The summed E-state index contributed by atoms with van der Waals surface area (Å²) in [5.41, 5.74) is 3.29. The highest BCUT2D eigenvalue weighted by Crippen LogP contribution is 2.18. The van der Waals surface area contributed by atoms with E-state index in [0.29, 0.717) is 19.5 Å². The van der Waals surface area contributed by atoms with E-state index in [1.165, 1.54) is 11.1 Å². The van der Waals surface area contributed by atoms with Crippen molar-refractivity contribution in [1.82, 2.24) is 16.0 Å². The molecule has 2 aromatic rings. The van der Waals surface area contributed by atoms with Gasteiger partial charge < -0.3 is 20.7 Å². The molecule has 0 fully saturated rings. The first-order valence-electron chi connectivity index (χ1n) is 10.5. The van der Waals surface area contributed by atoms with Crippen molar-refractivity contribution in [1.29, 1.82) is 0 Å². The van der Waals surface area contributed by atoms with E-state index in [1.807, 2.05) is 50.2 Å². The minimum Gasteiger partial charge on any atom is -0.496 e. The smallest absolute Gasteiger partial charge is 0.243 e. The summed E-state index contributed by atoms with van der Waals surface area (Å²) in [5, 5.41) is 9.24. The van der Waals surface area contributed by atoms with E-state index in [1.54, 1.807) is 7.11 Å². The fourth-order valence-electron chi connectivity index (χ4n) is 3.74. The Kier molecular flexibility index (Phi) is 7.46. The van der Waals surface area contributed by atoms with Crippen LogP contribution in [-0.4, -0.2) is 31.0 Å². The Hall–Kier alpha value is -2.86. The molecule has 0 aromatic heterocycles. The van der Waals surface area contributed by atoms with Crippen molar-refractivity contribution < 1.29 is 14.3 Å². The molecule has 0 radical (unpaired) electrons. The first kappa shape index (κ1) is 21.8. The highest BCUT2D eigenvalue weighted by Gasteiger charge is 2.30. The fourth-order valence-corrected chi connectivity index (χ4v) is 3.74. The third kappa shape index (κ3) is 5.19. The maximum atomic E-state index is 12.9. The van der Waals surface area contributed by atoms with Crippen LogP contribution in [0.4, 0.5) is 0 Å². The number of hydrogen-bond donors (Lipinski definition) is 3. The molecule has 0 spiro atoms. The summed E-state index contributed by atoms with van der Waals surface area (Å²) in [4.78, 5) is 25.9. The summed E-state index contributed by atoms with van der Waals surface area (Å²) in [6.45, 7) is 5.01. The number of benzene rings is 2. The highest BCUT2D eigenvalue weighted by molar-refractivity contribution is 5.90. The van der Waals surface area contributed by atoms with Gasteiger partial charge in [-0.25, -0.2) is 0 Å². The van der Waals surface area contributed by atoms with Crippen LogP contribution in [-0.2, 0) is 29.1 Å². The van der Waals surface area contributed by atoms with E-state index < -0.39 is 6.04 Å². The van der Waals surface area contributed by atoms with Gasteiger partial charge in [0.1, 0.15) is 11.8 Å². The van der Waals surface area contributed by atoms with Gasteiger partial charge in [0.05, 0.1) is 13.2 Å². The van der Waals surface area contributed by atoms with Gasteiger partial charge in [0, 0.05) is 18.7 Å². The number of ether oxygens (including phenoxy) is 1. The van der Waals surface area contributed by atoms with Gasteiger partial charge in [0.2, 0.25) is 11.8 Å². The Labute approximate surface area is 178 Å². The third-order valence-electron chi connectivity index (χ3n) is 5.84. The van der Waals surface area contributed by atoms with E-state index in [4.69, 9.17) is 4.74 Å². The first-order valence-corrected chi connectivity index (χ1v) is 10.5. The van der Waals surface area contributed by atoms with Crippen LogP contribution in [0.3, 0.4) is 0 Å².